The molecule has 0 radical (unpaired) electrons. The van der Waals surface area contributed by atoms with E-state index in [2.05, 4.69) is 32.1 Å². The number of anilines is 2. The second kappa shape index (κ2) is 9.80. The van der Waals surface area contributed by atoms with Gasteiger partial charge >= 0.3 is 0 Å². The smallest absolute Gasteiger partial charge is 0.147 e. The fraction of sp³-hybridized carbons (Fsp3) is 0.286. The van der Waals surface area contributed by atoms with Gasteiger partial charge in [0.05, 0.1) is 27.2 Å². The molecule has 1 aromatic heterocycles. The minimum Gasteiger partial charge on any atom is -0.376 e. The molecule has 1 saturated heterocycles. The molecular weight excluding hydrogens is 427 g/mol. The van der Waals surface area contributed by atoms with Crippen molar-refractivity contribution >= 4 is 46.4 Å². The molecule has 4 nitrogen and oxygen atoms in total. The molecule has 1 fully saturated rings. The van der Waals surface area contributed by atoms with Crippen LogP contribution < -0.4 is 10.0 Å². The number of hydrogen-bond donors (Lipinski definition) is 2. The number of nitrogens with zero attached hydrogens (tertiary/aromatic N) is 2. The summed E-state index contributed by atoms with van der Waals surface area (Å²) in [6.07, 6.45) is 2.46. The predicted molar refractivity (Wildman–Crippen MR) is 121 cm³/mol. The van der Waals surface area contributed by atoms with Gasteiger partial charge in [0.25, 0.3) is 0 Å². The van der Waals surface area contributed by atoms with E-state index in [9.17, 15) is 4.39 Å². The first-order valence-corrected chi connectivity index (χ1v) is 11.7. The molecule has 1 aliphatic heterocycles. The zero-order valence-electron chi connectivity index (χ0n) is 15.8. The Bertz CT molecular complexity index is 918. The summed E-state index contributed by atoms with van der Waals surface area (Å²) in [5, 5.41) is 5.84. The van der Waals surface area contributed by atoms with Crippen molar-refractivity contribution in [1.82, 2.24) is 9.88 Å². The Morgan fingerprint density at radius 3 is 2.72 bits per heavy atom. The summed E-state index contributed by atoms with van der Waals surface area (Å²) in [6.45, 7) is 3.07. The average Bonchev–Trinajstić information content (AvgIpc) is 3.43. The Hall–Kier alpha value is -1.80. The van der Waals surface area contributed by atoms with Crippen LogP contribution in [0.3, 0.4) is 0 Å². The molecule has 0 saturated carbocycles. The number of nitrogens with one attached hydrogen (secondary N) is 2. The molecule has 4 rings (SSSR count). The van der Waals surface area contributed by atoms with Crippen LogP contribution in [-0.2, 0) is 0 Å². The van der Waals surface area contributed by atoms with E-state index in [1.54, 1.807) is 11.6 Å². The standard InChI is InChI=1S/C21H22ClFN4S2/c22-16-10-20(29-26-21-13-28-14-24-21)17(23)11-18(16)25-19(12-27-8-4-5-9-27)15-6-2-1-3-7-15/h1-3,6-7,10-11,13-14,19,25-26H,4-5,8-9,12H2. The van der Waals surface area contributed by atoms with Crippen molar-refractivity contribution in [2.45, 2.75) is 23.8 Å². The van der Waals surface area contributed by atoms with Crippen LogP contribution in [-0.4, -0.2) is 29.5 Å². The number of hydrogen-bond acceptors (Lipinski definition) is 6. The third-order valence-corrected chi connectivity index (χ3v) is 6.63. The molecule has 2 aromatic carbocycles. The van der Waals surface area contributed by atoms with Gasteiger partial charge in [0, 0.05) is 11.9 Å². The van der Waals surface area contributed by atoms with E-state index in [0.717, 1.165) is 19.6 Å². The number of halogens is 2. The van der Waals surface area contributed by atoms with Crippen molar-refractivity contribution in [3.63, 3.8) is 0 Å². The van der Waals surface area contributed by atoms with Gasteiger partial charge in [0.15, 0.2) is 0 Å². The lowest BCUT2D eigenvalue weighted by atomic mass is 10.1. The van der Waals surface area contributed by atoms with Crippen LogP contribution in [0, 0.1) is 5.82 Å². The summed E-state index contributed by atoms with van der Waals surface area (Å²) in [7, 11) is 0. The zero-order valence-corrected chi connectivity index (χ0v) is 18.2. The molecular formula is C21H22ClFN4S2. The van der Waals surface area contributed by atoms with Gasteiger partial charge in [-0.1, -0.05) is 41.9 Å². The van der Waals surface area contributed by atoms with Crippen molar-refractivity contribution < 1.29 is 4.39 Å². The first kappa shape index (κ1) is 20.5. The van der Waals surface area contributed by atoms with Gasteiger partial charge < -0.3 is 14.9 Å². The van der Waals surface area contributed by atoms with E-state index in [0.29, 0.717) is 21.4 Å². The van der Waals surface area contributed by atoms with Gasteiger partial charge in [0.1, 0.15) is 11.6 Å². The van der Waals surface area contributed by atoms with Gasteiger partial charge in [-0.15, -0.1) is 11.3 Å². The molecule has 1 aliphatic rings. The maximum atomic E-state index is 14.7. The van der Waals surface area contributed by atoms with Gasteiger partial charge in [-0.2, -0.15) is 0 Å². The Morgan fingerprint density at radius 1 is 1.21 bits per heavy atom. The van der Waals surface area contributed by atoms with E-state index in [1.165, 1.54) is 47.8 Å². The molecule has 1 atom stereocenters. The van der Waals surface area contributed by atoms with E-state index in [4.69, 9.17) is 11.6 Å². The van der Waals surface area contributed by atoms with Crippen LogP contribution in [0.4, 0.5) is 15.9 Å². The van der Waals surface area contributed by atoms with Gasteiger partial charge in [-0.05, 0) is 55.6 Å². The Labute approximate surface area is 183 Å². The number of likely N-dealkylation sites (tertiary alicyclic amines) is 1. The molecule has 0 amide bonds. The van der Waals surface area contributed by atoms with Crippen molar-refractivity contribution in [3.05, 3.63) is 69.8 Å². The summed E-state index contributed by atoms with van der Waals surface area (Å²) in [5.74, 6) is 0.380. The fourth-order valence-corrected chi connectivity index (χ4v) is 4.92. The van der Waals surface area contributed by atoms with Crippen LogP contribution in [0.1, 0.15) is 24.4 Å². The number of aromatic nitrogens is 1. The molecule has 8 heteroatoms. The van der Waals surface area contributed by atoms with Crippen LogP contribution in [0.25, 0.3) is 0 Å². The highest BCUT2D eigenvalue weighted by Gasteiger charge is 2.20. The molecule has 2 heterocycles. The average molecular weight is 449 g/mol. The van der Waals surface area contributed by atoms with Crippen molar-refractivity contribution in [1.29, 1.82) is 0 Å². The minimum atomic E-state index is -0.322. The lowest BCUT2D eigenvalue weighted by Gasteiger charge is -2.26. The van der Waals surface area contributed by atoms with E-state index in [-0.39, 0.29) is 11.9 Å². The quantitative estimate of drug-likeness (QED) is 0.395. The normalized spacial score (nSPS) is 15.4. The predicted octanol–water partition coefficient (Wildman–Crippen LogP) is 6.30. The van der Waals surface area contributed by atoms with Gasteiger partial charge in [0.2, 0.25) is 0 Å². The summed E-state index contributed by atoms with van der Waals surface area (Å²) in [4.78, 5) is 7.01. The van der Waals surface area contributed by atoms with Gasteiger partial charge in [-0.3, -0.25) is 0 Å². The Morgan fingerprint density at radius 2 is 2.00 bits per heavy atom. The van der Waals surface area contributed by atoms with E-state index >= 15 is 0 Å². The Kier molecular flexibility index (Phi) is 6.92. The second-order valence-corrected chi connectivity index (χ2v) is 8.93. The highest BCUT2D eigenvalue weighted by molar-refractivity contribution is 8.00. The molecule has 152 valence electrons. The third kappa shape index (κ3) is 5.42. The summed E-state index contributed by atoms with van der Waals surface area (Å²) in [6, 6.07) is 13.4. The molecule has 0 aliphatic carbocycles. The van der Waals surface area contributed by atoms with E-state index < -0.39 is 0 Å². The van der Waals surface area contributed by atoms with Crippen molar-refractivity contribution in [3.8, 4) is 0 Å². The maximum Gasteiger partial charge on any atom is 0.147 e. The van der Waals surface area contributed by atoms with Crippen LogP contribution in [0.15, 0.2) is 58.3 Å². The number of thiazole rings is 1. The molecule has 29 heavy (non-hydrogen) atoms. The van der Waals surface area contributed by atoms with E-state index in [1.807, 2.05) is 23.6 Å². The SMILES string of the molecule is Fc1cc(NC(CN2CCCC2)c2ccccc2)c(Cl)cc1SNc1cscn1. The highest BCUT2D eigenvalue weighted by Crippen LogP contribution is 2.34. The molecule has 0 bridgehead atoms. The molecule has 1 unspecified atom stereocenters. The largest absolute Gasteiger partial charge is 0.376 e. The maximum absolute atomic E-state index is 14.7. The van der Waals surface area contributed by atoms with Crippen LogP contribution in [0.2, 0.25) is 5.02 Å². The number of benzene rings is 2. The lowest BCUT2D eigenvalue weighted by Crippen LogP contribution is -2.29. The minimum absolute atomic E-state index is 0.0397. The lowest BCUT2D eigenvalue weighted by molar-refractivity contribution is 0.323. The van der Waals surface area contributed by atoms with Crippen LogP contribution >= 0.6 is 34.9 Å². The molecule has 0 spiro atoms. The third-order valence-electron chi connectivity index (χ3n) is 4.89. The first-order chi connectivity index (χ1) is 14.2. The molecule has 2 N–H and O–H groups in total. The fourth-order valence-electron chi connectivity index (χ4n) is 3.42. The number of rotatable bonds is 8. The Balaban J connectivity index is 1.51. The van der Waals surface area contributed by atoms with Crippen molar-refractivity contribution in [2.75, 3.05) is 29.7 Å². The second-order valence-electron chi connectivity index (χ2n) is 6.96. The summed E-state index contributed by atoms with van der Waals surface area (Å²) >= 11 is 9.16. The van der Waals surface area contributed by atoms with Crippen molar-refractivity contribution in [2.24, 2.45) is 0 Å². The topological polar surface area (TPSA) is 40.2 Å². The summed E-state index contributed by atoms with van der Waals surface area (Å²) < 4.78 is 17.8. The van der Waals surface area contributed by atoms with Crippen LogP contribution in [0.5, 0.6) is 0 Å². The highest BCUT2D eigenvalue weighted by atomic mass is 35.5. The zero-order chi connectivity index (χ0) is 20.1. The summed E-state index contributed by atoms with van der Waals surface area (Å²) in [5.41, 5.74) is 3.50. The molecule has 3 aromatic rings. The monoisotopic (exact) mass is 448 g/mol. The first-order valence-electron chi connectivity index (χ1n) is 9.53. The van der Waals surface area contributed by atoms with Gasteiger partial charge in [-0.25, -0.2) is 9.37 Å².